The molecule has 0 bridgehead atoms. The van der Waals surface area contributed by atoms with Crippen LogP contribution in [0.4, 0.5) is 0 Å². The second-order valence-corrected chi connectivity index (χ2v) is 17.0. The molecule has 487 valence electrons. The minimum absolute atomic E-state index is 0. The first-order valence-electron chi connectivity index (χ1n) is 22.9. The molecular formula is C42H54Fe5N9O30. The minimum atomic E-state index is -2.40. The Labute approximate surface area is 539 Å². The average Bonchev–Trinajstić information content (AvgIpc) is 3.27. The average molecular weight is 1440 g/mol. The second-order valence-electron chi connectivity index (χ2n) is 17.0. The molecule has 0 heterocycles. The number of rotatable bonds is 45. The minimum Gasteiger partial charge on any atom is -0.550 e. The second kappa shape index (κ2) is 49.3. The maximum Gasteiger partial charge on any atom is 3.00 e. The Morgan fingerprint density at radius 2 is 0.407 bits per heavy atom. The van der Waals surface area contributed by atoms with E-state index in [0.29, 0.717) is 14.7 Å². The first-order valence-corrected chi connectivity index (χ1v) is 22.9. The third-order valence-electron chi connectivity index (χ3n) is 11.2. The van der Waals surface area contributed by atoms with Crippen molar-refractivity contribution in [2.75, 3.05) is 78.5 Å². The molecule has 5 radical (unpaired) electrons. The topological polar surface area (TPSA) is 726 Å². The monoisotopic (exact) mass is 1440 g/mol. The summed E-state index contributed by atoms with van der Waals surface area (Å²) in [5.74, 6) is -27.8. The molecule has 39 nitrogen and oxygen atoms in total. The summed E-state index contributed by atoms with van der Waals surface area (Å²) in [6.07, 6.45) is -10.4. The van der Waals surface area contributed by atoms with Crippen LogP contribution in [0.2, 0.25) is 0 Å². The van der Waals surface area contributed by atoms with Crippen LogP contribution >= 0.6 is 0 Å². The van der Waals surface area contributed by atoms with Crippen molar-refractivity contribution in [3.05, 3.63) is 0 Å². The zero-order chi connectivity index (χ0) is 63.6. The zero-order valence-electron chi connectivity index (χ0n) is 44.2. The Bertz CT molecular complexity index is 1910. The standard InChI is InChI=1S/3C14H23N3O10.5Fe/c3*15-1-2-16-8(3-9(18)19)14(4-10(20)21,5-11(22)23)17(6-12(24)25)7-13(26)27;;;;;/h3*8,16H,1-7,15H2,(H,18,19)(H,20,21)(H,22,23)(H,24,25)(H,26,27);;;;;/q;;;5*+3/p-15. The summed E-state index contributed by atoms with van der Waals surface area (Å²) in [7, 11) is 0. The van der Waals surface area contributed by atoms with Crippen LogP contribution in [0.5, 0.6) is 0 Å². The molecule has 9 N–H and O–H groups in total. The van der Waals surface area contributed by atoms with Gasteiger partial charge >= 0.3 is 85.3 Å². The molecule has 0 aromatic heterocycles. The fraction of sp³-hybridized carbons (Fsp3) is 0.643. The van der Waals surface area contributed by atoms with Crippen molar-refractivity contribution in [1.29, 1.82) is 0 Å². The van der Waals surface area contributed by atoms with Gasteiger partial charge in [-0.3, -0.25) is 14.7 Å². The van der Waals surface area contributed by atoms with Crippen LogP contribution in [0.3, 0.4) is 0 Å². The van der Waals surface area contributed by atoms with Crippen LogP contribution in [0.15, 0.2) is 0 Å². The van der Waals surface area contributed by atoms with E-state index in [0.717, 1.165) is 0 Å². The zero-order valence-corrected chi connectivity index (χ0v) is 49.7. The summed E-state index contributed by atoms with van der Waals surface area (Å²) < 4.78 is 0. The predicted molar refractivity (Wildman–Crippen MR) is 222 cm³/mol. The van der Waals surface area contributed by atoms with Crippen molar-refractivity contribution in [3.8, 4) is 0 Å². The smallest absolute Gasteiger partial charge is 0.550 e. The van der Waals surface area contributed by atoms with Gasteiger partial charge < -0.3 is 182 Å². The van der Waals surface area contributed by atoms with Gasteiger partial charge in [-0.1, -0.05) is 0 Å². The van der Waals surface area contributed by atoms with Gasteiger partial charge in [-0.05, 0) is 0 Å². The van der Waals surface area contributed by atoms with E-state index in [-0.39, 0.29) is 125 Å². The van der Waals surface area contributed by atoms with Gasteiger partial charge in [0.15, 0.2) is 0 Å². The van der Waals surface area contributed by atoms with Gasteiger partial charge in [0.1, 0.15) is 0 Å². The van der Waals surface area contributed by atoms with Crippen molar-refractivity contribution < 1.29 is 234 Å². The van der Waals surface area contributed by atoms with E-state index in [1.54, 1.807) is 0 Å². The maximum absolute atomic E-state index is 11.2. The number of hydrogen-bond donors (Lipinski definition) is 6. The number of nitrogens with two attached hydrogens (primary N) is 3. The van der Waals surface area contributed by atoms with E-state index in [1.165, 1.54) is 0 Å². The molecule has 3 unspecified atom stereocenters. The van der Waals surface area contributed by atoms with Crippen LogP contribution in [-0.2, 0) is 157 Å². The normalized spacial score (nSPS) is 11.8. The molecule has 0 aromatic carbocycles. The summed E-state index contributed by atoms with van der Waals surface area (Å²) in [6.45, 7) is -8.06. The molecule has 44 heteroatoms. The predicted octanol–water partition coefficient (Wildman–Crippen LogP) is -27.4. The van der Waals surface area contributed by atoms with Crippen LogP contribution in [0.25, 0.3) is 0 Å². The molecule has 0 aliphatic carbocycles. The van der Waals surface area contributed by atoms with Crippen molar-refractivity contribution in [2.24, 2.45) is 17.2 Å². The Morgan fingerprint density at radius 3 is 0.500 bits per heavy atom. The summed E-state index contributed by atoms with van der Waals surface area (Å²) >= 11 is 0. The first-order chi connectivity index (χ1) is 37.3. The molecule has 0 aliphatic heterocycles. The van der Waals surface area contributed by atoms with Crippen molar-refractivity contribution in [1.82, 2.24) is 30.7 Å². The number of aliphatic carboxylic acids is 15. The number of nitrogens with zero attached hydrogens (tertiary/aromatic N) is 3. The molecule has 0 aliphatic rings. The van der Waals surface area contributed by atoms with Gasteiger partial charge in [0.25, 0.3) is 0 Å². The van der Waals surface area contributed by atoms with E-state index in [4.69, 9.17) is 17.2 Å². The van der Waals surface area contributed by atoms with Crippen LogP contribution in [0.1, 0.15) is 57.8 Å². The molecule has 0 amide bonds. The van der Waals surface area contributed by atoms with E-state index in [1.807, 2.05) is 0 Å². The maximum atomic E-state index is 11.2. The SMILES string of the molecule is NCCNC(CC(=O)[O-])C(CC(=O)[O-])(CC(=O)[O-])N(CC(=O)[O-])CC(=O)[O-].NCCNC(CC(=O)[O-])C(CC(=O)[O-])(CC(=O)[O-])N(CC(=O)[O-])CC(=O)[O-].NCCNC(CC(=O)[O-])C(CC(=O)[O-])(CC(=O)[O-])N(CC(=O)[O-])CC(=O)[O-].[Fe+3].[Fe+3].[Fe+3].[Fe+3].[Fe+3]. The molecule has 3 atom stereocenters. The molecule has 0 saturated carbocycles. The fourth-order valence-electron chi connectivity index (χ4n) is 8.43. The van der Waals surface area contributed by atoms with Gasteiger partial charge in [-0.2, -0.15) is 0 Å². The quantitative estimate of drug-likeness (QED) is 0.0308. The number of hydrogen-bond acceptors (Lipinski definition) is 39. The Kier molecular flexibility index (Phi) is 55.4. The molecule has 86 heavy (non-hydrogen) atoms. The molecule has 0 fully saturated rings. The third kappa shape index (κ3) is 39.9. The van der Waals surface area contributed by atoms with Crippen LogP contribution in [0, 0.1) is 0 Å². The van der Waals surface area contributed by atoms with Crippen LogP contribution in [-0.4, -0.2) is 218 Å². The van der Waals surface area contributed by atoms with Crippen molar-refractivity contribution in [2.45, 2.75) is 92.5 Å². The number of carboxylic acid groups (broad SMARTS) is 15. The van der Waals surface area contributed by atoms with Gasteiger partial charge in [0.2, 0.25) is 0 Å². The Balaban J connectivity index is -0.000000172. The van der Waals surface area contributed by atoms with Gasteiger partial charge in [-0.15, -0.1) is 0 Å². The molecular weight excluding hydrogens is 1390 g/mol. The number of carboxylic acids is 15. The third-order valence-corrected chi connectivity index (χ3v) is 11.2. The Morgan fingerprint density at radius 1 is 0.267 bits per heavy atom. The largest absolute Gasteiger partial charge is 3.00 e. The number of carbonyl (C=O) groups is 15. The number of nitrogens with one attached hydrogen (secondary N) is 3. The first kappa shape index (κ1) is 96.6. The van der Waals surface area contributed by atoms with Crippen molar-refractivity contribution >= 4 is 89.5 Å². The van der Waals surface area contributed by atoms with E-state index in [9.17, 15) is 149 Å². The fourth-order valence-corrected chi connectivity index (χ4v) is 8.43. The molecule has 0 spiro atoms. The van der Waals surface area contributed by atoms with Crippen LogP contribution < -0.4 is 110 Å². The summed E-state index contributed by atoms with van der Waals surface area (Å²) in [5.41, 5.74) is 8.67. The van der Waals surface area contributed by atoms with Gasteiger partial charge in [0, 0.05) is 225 Å². The molecule has 0 saturated heterocycles. The van der Waals surface area contributed by atoms with Crippen molar-refractivity contribution in [3.63, 3.8) is 0 Å². The number of carbonyl (C=O) groups excluding carboxylic acids is 15. The van der Waals surface area contributed by atoms with E-state index in [2.05, 4.69) is 16.0 Å². The van der Waals surface area contributed by atoms with E-state index >= 15 is 0 Å². The molecule has 0 rings (SSSR count). The Hall–Kier alpha value is -5.71. The summed E-state index contributed by atoms with van der Waals surface area (Å²) in [5, 5.41) is 174. The van der Waals surface area contributed by atoms with Gasteiger partial charge in [-0.25, -0.2) is 0 Å². The summed E-state index contributed by atoms with van der Waals surface area (Å²) in [6, 6.07) is -4.79. The summed E-state index contributed by atoms with van der Waals surface area (Å²) in [4.78, 5) is 168. The van der Waals surface area contributed by atoms with Gasteiger partial charge in [0.05, 0.1) is 35.8 Å². The van der Waals surface area contributed by atoms with E-state index < -0.39 is 221 Å². The molecule has 0 aromatic rings.